The molecule has 1 aromatic carbocycles. The van der Waals surface area contributed by atoms with Crippen LogP contribution in [0.25, 0.3) is 0 Å². The van der Waals surface area contributed by atoms with E-state index in [9.17, 15) is 8.42 Å². The van der Waals surface area contributed by atoms with Crippen molar-refractivity contribution in [3.8, 4) is 0 Å². The quantitative estimate of drug-likeness (QED) is 0.659. The van der Waals surface area contributed by atoms with Gasteiger partial charge in [-0.25, -0.2) is 8.42 Å². The molecule has 4 nitrogen and oxygen atoms in total. The molecule has 2 rings (SSSR count). The summed E-state index contributed by atoms with van der Waals surface area (Å²) < 4.78 is 27.8. The molecular weight excluding hydrogens is 308 g/mol. The molecule has 0 spiro atoms. The van der Waals surface area contributed by atoms with Crippen LogP contribution in [0.1, 0.15) is 37.4 Å². The Morgan fingerprint density at radius 3 is 2.43 bits per heavy atom. The van der Waals surface area contributed by atoms with E-state index in [0.717, 1.165) is 31.5 Å². The summed E-state index contributed by atoms with van der Waals surface area (Å²) in [5.41, 5.74) is 2.23. The maximum atomic E-state index is 12.0. The lowest BCUT2D eigenvalue weighted by molar-refractivity contribution is 0.388. The average molecular weight is 334 g/mol. The normalized spacial score (nSPS) is 12.0. The second-order valence-corrected chi connectivity index (χ2v) is 7.90. The van der Waals surface area contributed by atoms with Gasteiger partial charge in [-0.3, -0.25) is 0 Å². The van der Waals surface area contributed by atoms with Crippen molar-refractivity contribution in [1.29, 1.82) is 0 Å². The summed E-state index contributed by atoms with van der Waals surface area (Å²) in [6.45, 7) is 3.90. The first kappa shape index (κ1) is 17.8. The van der Waals surface area contributed by atoms with Gasteiger partial charge in [0.1, 0.15) is 0 Å². The molecule has 0 saturated carbocycles. The Hall–Kier alpha value is -1.59. The molecule has 0 bridgehead atoms. The van der Waals surface area contributed by atoms with Gasteiger partial charge in [-0.15, -0.1) is 0 Å². The predicted octanol–water partition coefficient (Wildman–Crippen LogP) is 3.49. The van der Waals surface area contributed by atoms with Gasteiger partial charge in [0.15, 0.2) is 0 Å². The van der Waals surface area contributed by atoms with Gasteiger partial charge in [-0.05, 0) is 24.1 Å². The van der Waals surface area contributed by atoms with Crippen molar-refractivity contribution < 1.29 is 8.42 Å². The summed E-state index contributed by atoms with van der Waals surface area (Å²) in [5.74, 6) is 0. The fourth-order valence-corrected chi connectivity index (χ4v) is 3.44. The van der Waals surface area contributed by atoms with Crippen LogP contribution in [0.3, 0.4) is 0 Å². The lowest BCUT2D eigenvalue weighted by Crippen LogP contribution is -2.31. The standard InChI is InChI=1S/C18H26N2O2S/c1-3-4-8-14-20(23(2,21)22)16-18-12-9-13-19(18)15-17-10-6-5-7-11-17/h5-7,9-13H,3-4,8,14-16H2,1-2H3. The van der Waals surface area contributed by atoms with Crippen LogP contribution in [0.15, 0.2) is 48.7 Å². The van der Waals surface area contributed by atoms with E-state index in [1.807, 2.05) is 36.5 Å². The molecule has 0 aliphatic rings. The molecule has 1 heterocycles. The van der Waals surface area contributed by atoms with E-state index in [2.05, 4.69) is 23.6 Å². The van der Waals surface area contributed by atoms with Crippen molar-refractivity contribution in [3.63, 3.8) is 0 Å². The Morgan fingerprint density at radius 1 is 1.04 bits per heavy atom. The van der Waals surface area contributed by atoms with Gasteiger partial charge in [0.25, 0.3) is 0 Å². The van der Waals surface area contributed by atoms with Crippen molar-refractivity contribution in [2.45, 2.75) is 39.3 Å². The monoisotopic (exact) mass is 334 g/mol. The molecule has 0 aliphatic heterocycles. The third kappa shape index (κ3) is 5.52. The molecule has 23 heavy (non-hydrogen) atoms. The Labute approximate surface area is 139 Å². The minimum Gasteiger partial charge on any atom is -0.346 e. The number of hydrogen-bond acceptors (Lipinski definition) is 2. The molecule has 0 N–H and O–H groups in total. The first-order chi connectivity index (χ1) is 11.0. The molecule has 0 fully saturated rings. The zero-order chi connectivity index (χ0) is 16.7. The van der Waals surface area contributed by atoms with Crippen LogP contribution in [-0.4, -0.2) is 30.1 Å². The van der Waals surface area contributed by atoms with E-state index in [0.29, 0.717) is 13.1 Å². The van der Waals surface area contributed by atoms with E-state index in [1.54, 1.807) is 4.31 Å². The average Bonchev–Trinajstić information content (AvgIpc) is 2.93. The Kier molecular flexibility index (Phi) is 6.42. The molecule has 2 aromatic rings. The molecule has 0 radical (unpaired) electrons. The Bertz CT molecular complexity index is 693. The maximum Gasteiger partial charge on any atom is 0.211 e. The van der Waals surface area contributed by atoms with Crippen LogP contribution in [0.4, 0.5) is 0 Å². The smallest absolute Gasteiger partial charge is 0.211 e. The van der Waals surface area contributed by atoms with E-state index >= 15 is 0 Å². The molecule has 126 valence electrons. The Balaban J connectivity index is 2.10. The maximum absolute atomic E-state index is 12.0. The zero-order valence-electron chi connectivity index (χ0n) is 14.0. The first-order valence-electron chi connectivity index (χ1n) is 8.13. The highest BCUT2D eigenvalue weighted by Crippen LogP contribution is 2.13. The SMILES string of the molecule is CCCCCN(Cc1cccn1Cc1ccccc1)S(C)(=O)=O. The molecule has 0 aliphatic carbocycles. The largest absolute Gasteiger partial charge is 0.346 e. The van der Waals surface area contributed by atoms with Crippen LogP contribution in [0, 0.1) is 0 Å². The number of unbranched alkanes of at least 4 members (excludes halogenated alkanes) is 2. The predicted molar refractivity (Wildman–Crippen MR) is 94.8 cm³/mol. The van der Waals surface area contributed by atoms with Gasteiger partial charge >= 0.3 is 0 Å². The van der Waals surface area contributed by atoms with Crippen molar-refractivity contribution >= 4 is 10.0 Å². The van der Waals surface area contributed by atoms with E-state index in [-0.39, 0.29) is 0 Å². The minimum atomic E-state index is -3.19. The van der Waals surface area contributed by atoms with Crippen LogP contribution in [0.5, 0.6) is 0 Å². The van der Waals surface area contributed by atoms with Crippen LogP contribution in [-0.2, 0) is 23.1 Å². The topological polar surface area (TPSA) is 42.3 Å². The summed E-state index contributed by atoms with van der Waals surface area (Å²) in [6.07, 6.45) is 6.35. The van der Waals surface area contributed by atoms with Crippen molar-refractivity contribution in [1.82, 2.24) is 8.87 Å². The third-order valence-electron chi connectivity index (χ3n) is 3.94. The van der Waals surface area contributed by atoms with Crippen LogP contribution < -0.4 is 0 Å². The highest BCUT2D eigenvalue weighted by atomic mass is 32.2. The summed E-state index contributed by atoms with van der Waals surface area (Å²) in [4.78, 5) is 0. The van der Waals surface area contributed by atoms with E-state index in [4.69, 9.17) is 0 Å². The number of sulfonamides is 1. The van der Waals surface area contributed by atoms with Gasteiger partial charge in [-0.1, -0.05) is 50.1 Å². The number of aromatic nitrogens is 1. The first-order valence-corrected chi connectivity index (χ1v) is 9.98. The number of nitrogens with zero attached hydrogens (tertiary/aromatic N) is 2. The molecule has 0 unspecified atom stereocenters. The van der Waals surface area contributed by atoms with E-state index < -0.39 is 10.0 Å². The number of hydrogen-bond donors (Lipinski definition) is 0. The second-order valence-electron chi connectivity index (χ2n) is 5.92. The van der Waals surface area contributed by atoms with Gasteiger partial charge in [0.05, 0.1) is 12.8 Å². The molecule has 0 atom stereocenters. The Morgan fingerprint density at radius 2 is 1.78 bits per heavy atom. The van der Waals surface area contributed by atoms with Crippen molar-refractivity contribution in [3.05, 3.63) is 59.9 Å². The lowest BCUT2D eigenvalue weighted by Gasteiger charge is -2.21. The lowest BCUT2D eigenvalue weighted by atomic mass is 10.2. The molecule has 0 amide bonds. The summed E-state index contributed by atoms with van der Waals surface area (Å²) >= 11 is 0. The summed E-state index contributed by atoms with van der Waals surface area (Å²) in [5, 5.41) is 0. The number of benzene rings is 1. The second kappa shape index (κ2) is 8.31. The van der Waals surface area contributed by atoms with Crippen molar-refractivity contribution in [2.75, 3.05) is 12.8 Å². The fraction of sp³-hybridized carbons (Fsp3) is 0.444. The molecule has 1 aromatic heterocycles. The van der Waals surface area contributed by atoms with E-state index in [1.165, 1.54) is 11.8 Å². The minimum absolute atomic E-state index is 0.433. The molecular formula is C18H26N2O2S. The third-order valence-corrected chi connectivity index (χ3v) is 5.19. The van der Waals surface area contributed by atoms with Gasteiger partial charge in [-0.2, -0.15) is 4.31 Å². The fourth-order valence-electron chi connectivity index (χ4n) is 2.61. The van der Waals surface area contributed by atoms with Crippen LogP contribution >= 0.6 is 0 Å². The zero-order valence-corrected chi connectivity index (χ0v) is 14.8. The van der Waals surface area contributed by atoms with Gasteiger partial charge in [0, 0.05) is 25.0 Å². The van der Waals surface area contributed by atoms with Crippen molar-refractivity contribution in [2.24, 2.45) is 0 Å². The van der Waals surface area contributed by atoms with Gasteiger partial charge < -0.3 is 4.57 Å². The summed E-state index contributed by atoms with van der Waals surface area (Å²) in [6, 6.07) is 14.2. The number of rotatable bonds is 9. The summed E-state index contributed by atoms with van der Waals surface area (Å²) in [7, 11) is -3.19. The van der Waals surface area contributed by atoms with Gasteiger partial charge in [0.2, 0.25) is 10.0 Å². The molecule has 0 saturated heterocycles. The van der Waals surface area contributed by atoms with Crippen LogP contribution in [0.2, 0.25) is 0 Å². The molecule has 5 heteroatoms. The highest BCUT2D eigenvalue weighted by molar-refractivity contribution is 7.88. The highest BCUT2D eigenvalue weighted by Gasteiger charge is 2.18.